The Morgan fingerprint density at radius 2 is 1.94 bits per heavy atom. The zero-order valence-corrected chi connectivity index (χ0v) is 17.4. The molecule has 4 fully saturated rings. The summed E-state index contributed by atoms with van der Waals surface area (Å²) in [5.41, 5.74) is 1.51. The molecule has 3 heterocycles. The van der Waals surface area contributed by atoms with Gasteiger partial charge in [-0.25, -0.2) is 4.98 Å². The van der Waals surface area contributed by atoms with Gasteiger partial charge in [-0.15, -0.1) is 10.2 Å². The Hall–Kier alpha value is -3.16. The number of nitrogens with one attached hydrogen (secondary N) is 1. The maximum absolute atomic E-state index is 13.0. The SMILES string of the molecule is Cc1cncc(C(=O)NC23CC4CC(C2)CC(c2nnc(-c5cccnc5)o2)(C4)C3)n1. The van der Waals surface area contributed by atoms with Crippen molar-refractivity contribution in [1.82, 2.24) is 30.5 Å². The van der Waals surface area contributed by atoms with Crippen molar-refractivity contribution in [2.24, 2.45) is 11.8 Å². The van der Waals surface area contributed by atoms with Gasteiger partial charge >= 0.3 is 0 Å². The number of amides is 1. The van der Waals surface area contributed by atoms with E-state index in [9.17, 15) is 4.79 Å². The molecule has 7 rings (SSSR count). The first-order chi connectivity index (χ1) is 15.0. The van der Waals surface area contributed by atoms with Gasteiger partial charge in [0.1, 0.15) is 5.69 Å². The first-order valence-corrected chi connectivity index (χ1v) is 10.9. The fourth-order valence-corrected chi connectivity index (χ4v) is 6.58. The number of rotatable bonds is 4. The molecule has 31 heavy (non-hydrogen) atoms. The summed E-state index contributed by atoms with van der Waals surface area (Å²) in [5, 5.41) is 12.2. The van der Waals surface area contributed by atoms with Crippen LogP contribution >= 0.6 is 0 Å². The van der Waals surface area contributed by atoms with E-state index in [0.29, 0.717) is 29.3 Å². The Kier molecular flexibility index (Phi) is 4.00. The third kappa shape index (κ3) is 3.12. The highest BCUT2D eigenvalue weighted by molar-refractivity contribution is 5.92. The van der Waals surface area contributed by atoms with Crippen LogP contribution in [-0.2, 0) is 5.41 Å². The van der Waals surface area contributed by atoms with Gasteiger partial charge in [-0.3, -0.25) is 14.8 Å². The van der Waals surface area contributed by atoms with Crippen LogP contribution < -0.4 is 5.32 Å². The average molecular weight is 416 g/mol. The molecule has 4 bridgehead atoms. The van der Waals surface area contributed by atoms with Gasteiger partial charge in [-0.05, 0) is 69.4 Å². The maximum Gasteiger partial charge on any atom is 0.271 e. The van der Waals surface area contributed by atoms with Crippen molar-refractivity contribution in [3.8, 4) is 11.5 Å². The number of aromatic nitrogens is 5. The largest absolute Gasteiger partial charge is 0.420 e. The summed E-state index contributed by atoms with van der Waals surface area (Å²) in [6.07, 6.45) is 12.8. The molecule has 8 heteroatoms. The Labute approximate surface area is 179 Å². The Bertz CT molecular complexity index is 1130. The van der Waals surface area contributed by atoms with Gasteiger partial charge in [0.25, 0.3) is 5.91 Å². The van der Waals surface area contributed by atoms with Gasteiger partial charge in [-0.2, -0.15) is 0 Å². The van der Waals surface area contributed by atoms with E-state index in [4.69, 9.17) is 4.42 Å². The second kappa shape index (κ2) is 6.67. The third-order valence-electron chi connectivity index (χ3n) is 7.21. The molecule has 0 aliphatic heterocycles. The fraction of sp³-hybridized carbons (Fsp3) is 0.478. The summed E-state index contributed by atoms with van der Waals surface area (Å²) in [4.78, 5) is 25.7. The van der Waals surface area contributed by atoms with E-state index in [1.54, 1.807) is 18.6 Å². The zero-order valence-electron chi connectivity index (χ0n) is 17.4. The summed E-state index contributed by atoms with van der Waals surface area (Å²) < 4.78 is 6.21. The molecule has 1 N–H and O–H groups in total. The lowest BCUT2D eigenvalue weighted by Gasteiger charge is -2.60. The summed E-state index contributed by atoms with van der Waals surface area (Å²) in [6, 6.07) is 3.79. The monoisotopic (exact) mass is 416 g/mol. The van der Waals surface area contributed by atoms with Crippen molar-refractivity contribution in [1.29, 1.82) is 0 Å². The second-order valence-corrected chi connectivity index (χ2v) is 9.68. The van der Waals surface area contributed by atoms with Crippen molar-refractivity contribution < 1.29 is 9.21 Å². The van der Waals surface area contributed by atoms with Gasteiger partial charge < -0.3 is 9.73 Å². The maximum atomic E-state index is 13.0. The molecule has 3 aromatic heterocycles. The van der Waals surface area contributed by atoms with E-state index < -0.39 is 0 Å². The Morgan fingerprint density at radius 3 is 2.68 bits per heavy atom. The van der Waals surface area contributed by atoms with Crippen LogP contribution in [0.2, 0.25) is 0 Å². The molecule has 158 valence electrons. The molecule has 4 aliphatic rings. The summed E-state index contributed by atoms with van der Waals surface area (Å²) in [5.74, 6) is 2.18. The molecular weight excluding hydrogens is 392 g/mol. The molecule has 1 amide bonds. The summed E-state index contributed by atoms with van der Waals surface area (Å²) in [6.45, 7) is 1.85. The van der Waals surface area contributed by atoms with Gasteiger partial charge in [0.15, 0.2) is 0 Å². The van der Waals surface area contributed by atoms with Crippen molar-refractivity contribution in [2.75, 3.05) is 0 Å². The highest BCUT2D eigenvalue weighted by Crippen LogP contribution is 2.62. The predicted molar refractivity (Wildman–Crippen MR) is 111 cm³/mol. The molecule has 8 nitrogen and oxygen atoms in total. The van der Waals surface area contributed by atoms with Crippen molar-refractivity contribution in [3.05, 3.63) is 54.2 Å². The number of carbonyl (C=O) groups is 1. The fourth-order valence-electron chi connectivity index (χ4n) is 6.58. The molecule has 3 aromatic rings. The minimum absolute atomic E-state index is 0.144. The quantitative estimate of drug-likeness (QED) is 0.696. The lowest BCUT2D eigenvalue weighted by molar-refractivity contribution is -0.0471. The molecule has 0 saturated heterocycles. The van der Waals surface area contributed by atoms with Gasteiger partial charge in [0.05, 0.1) is 22.9 Å². The molecular formula is C23H24N6O2. The number of nitrogens with zero attached hydrogens (tertiary/aromatic N) is 5. The van der Waals surface area contributed by atoms with E-state index in [2.05, 4.69) is 30.5 Å². The van der Waals surface area contributed by atoms with Crippen LogP contribution in [0.5, 0.6) is 0 Å². The zero-order chi connectivity index (χ0) is 21.1. The minimum atomic E-state index is -0.254. The molecule has 2 atom stereocenters. The lowest BCUT2D eigenvalue weighted by atomic mass is 9.46. The van der Waals surface area contributed by atoms with Crippen molar-refractivity contribution >= 4 is 5.91 Å². The standard InChI is InChI=1S/C23H24N6O2/c1-14-10-25-12-18(26-14)19(30)27-23-8-15-5-16(9-23)7-22(6-15,13-23)21-29-28-20(31-21)17-3-2-4-24-11-17/h2-4,10-12,15-16H,5-9,13H2,1H3,(H,27,30). The summed E-state index contributed by atoms with van der Waals surface area (Å²) in [7, 11) is 0. The van der Waals surface area contributed by atoms with E-state index in [1.165, 1.54) is 12.6 Å². The van der Waals surface area contributed by atoms with E-state index in [0.717, 1.165) is 43.4 Å². The highest BCUT2D eigenvalue weighted by Gasteiger charge is 2.60. The minimum Gasteiger partial charge on any atom is -0.420 e. The van der Waals surface area contributed by atoms with E-state index in [1.807, 2.05) is 19.1 Å². The van der Waals surface area contributed by atoms with Gasteiger partial charge in [0, 0.05) is 24.1 Å². The average Bonchev–Trinajstić information content (AvgIpc) is 3.24. The van der Waals surface area contributed by atoms with Gasteiger partial charge in [0.2, 0.25) is 11.8 Å². The smallest absolute Gasteiger partial charge is 0.271 e. The number of aryl methyl sites for hydroxylation is 1. The topological polar surface area (TPSA) is 107 Å². The first-order valence-electron chi connectivity index (χ1n) is 10.9. The van der Waals surface area contributed by atoms with Crippen LogP contribution in [0, 0.1) is 18.8 Å². The number of hydrogen-bond acceptors (Lipinski definition) is 7. The van der Waals surface area contributed by atoms with E-state index >= 15 is 0 Å². The Morgan fingerprint density at radius 1 is 1.10 bits per heavy atom. The second-order valence-electron chi connectivity index (χ2n) is 9.68. The Balaban J connectivity index is 1.31. The molecule has 0 radical (unpaired) electrons. The van der Waals surface area contributed by atoms with Crippen molar-refractivity contribution in [3.63, 3.8) is 0 Å². The molecule has 0 aromatic carbocycles. The van der Waals surface area contributed by atoms with Crippen molar-refractivity contribution in [2.45, 2.75) is 56.4 Å². The van der Waals surface area contributed by atoms with E-state index in [-0.39, 0.29) is 16.9 Å². The van der Waals surface area contributed by atoms with Crippen LogP contribution in [-0.4, -0.2) is 36.6 Å². The van der Waals surface area contributed by atoms with Crippen LogP contribution in [0.3, 0.4) is 0 Å². The van der Waals surface area contributed by atoms with Crippen LogP contribution in [0.1, 0.15) is 60.6 Å². The van der Waals surface area contributed by atoms with Crippen LogP contribution in [0.25, 0.3) is 11.5 Å². The number of carbonyl (C=O) groups excluding carboxylic acids is 1. The van der Waals surface area contributed by atoms with Gasteiger partial charge in [-0.1, -0.05) is 0 Å². The summed E-state index contributed by atoms with van der Waals surface area (Å²) >= 11 is 0. The molecule has 2 unspecified atom stereocenters. The van der Waals surface area contributed by atoms with Crippen LogP contribution in [0.15, 0.2) is 41.3 Å². The molecule has 0 spiro atoms. The van der Waals surface area contributed by atoms with Crippen LogP contribution in [0.4, 0.5) is 0 Å². The number of hydrogen-bond donors (Lipinski definition) is 1. The highest BCUT2D eigenvalue weighted by atomic mass is 16.4. The normalized spacial score (nSPS) is 31.0. The first kappa shape index (κ1) is 18.6. The predicted octanol–water partition coefficient (Wildman–Crippen LogP) is 3.25. The molecule has 4 aliphatic carbocycles. The molecule has 4 saturated carbocycles. The third-order valence-corrected chi connectivity index (χ3v) is 7.21. The lowest BCUT2D eigenvalue weighted by Crippen LogP contribution is -2.64. The number of pyridine rings is 1.